The van der Waals surface area contributed by atoms with Crippen molar-refractivity contribution in [3.05, 3.63) is 52.5 Å². The number of carbonyl (C=O) groups is 5. The average molecular weight is 1020 g/mol. The Kier molecular flexibility index (Phi) is 23.8. The second-order valence-corrected chi connectivity index (χ2v) is 21.9. The molecular weight excluding hydrogens is 927 g/mol. The summed E-state index contributed by atoms with van der Waals surface area (Å²) in [7, 11) is 2.73. The number of fused-ring (bicyclic) bond motifs is 2. The number of amides is 5. The lowest BCUT2D eigenvalue weighted by atomic mass is 9.95. The van der Waals surface area contributed by atoms with Gasteiger partial charge in [0.05, 0.1) is 14.2 Å². The van der Waals surface area contributed by atoms with Crippen molar-refractivity contribution >= 4 is 35.9 Å². The number of nitrogens with one attached hydrogen (secondary N) is 4. The fraction of sp³-hybridized carbons (Fsp3) is 0.732. The Morgan fingerprint density at radius 2 is 1.11 bits per heavy atom. The van der Waals surface area contributed by atoms with Crippen molar-refractivity contribution in [3.63, 3.8) is 0 Å². The van der Waals surface area contributed by atoms with E-state index < -0.39 is 23.7 Å². The maximum atomic E-state index is 13.2. The van der Waals surface area contributed by atoms with Crippen molar-refractivity contribution in [2.45, 2.75) is 219 Å². The standard InChI is InChI=1S/C31H50N4O5.C25H41N5O3/c1-22-20-34(30(38)40-31(3,4)5)21-23(2)35(22)29(37)33-27(28(36)39-6)17-11-9-7-8-10-15-25-19-18-24-14-12-13-16-26(24)32-25;1-18-16-26-17-19(2)30(18)25(32)29-22(24(31)33-3)12-8-6-4-5-7-11-21-14-13-20-10-9-15-27-23(20)28-21/h18-19,22-23,27H,7-17,20-21H2,1-6H3,(H,33,37);13-14,18-19,22,26H,4-12,15-17H2,1-3H3,(H,27,28)(H,29,32)/t22-,23+,27-;18-,19+,22-/m00/s1. The number of carbonyl (C=O) groups excluding carboxylic acids is 5. The Hall–Kier alpha value is -5.19. The number of piperazine rings is 2. The van der Waals surface area contributed by atoms with Crippen molar-refractivity contribution in [1.82, 2.24) is 40.6 Å². The van der Waals surface area contributed by atoms with E-state index in [1.54, 1.807) is 9.80 Å². The van der Waals surface area contributed by atoms with E-state index in [9.17, 15) is 24.0 Å². The van der Waals surface area contributed by atoms with E-state index >= 15 is 0 Å². The molecule has 17 heteroatoms. The quantitative estimate of drug-likeness (QED) is 0.0561. The molecule has 2 aromatic heterocycles. The molecule has 6 rings (SSSR count). The van der Waals surface area contributed by atoms with E-state index in [-0.39, 0.29) is 48.3 Å². The maximum absolute atomic E-state index is 13.2. The average Bonchev–Trinajstić information content (AvgIpc) is 3.36. The molecular formula is C56H91N9O8. The second-order valence-electron chi connectivity index (χ2n) is 21.9. The molecule has 2 aromatic rings. The fourth-order valence-corrected chi connectivity index (χ4v) is 10.6. The molecule has 1 aliphatic carbocycles. The van der Waals surface area contributed by atoms with Crippen molar-refractivity contribution < 1.29 is 38.2 Å². The topological polar surface area (TPSA) is 197 Å². The molecule has 73 heavy (non-hydrogen) atoms. The Bertz CT molecular complexity index is 2060. The monoisotopic (exact) mass is 1020 g/mol. The number of methoxy groups -OCH3 is 2. The number of nitrogens with zero attached hydrogens (tertiary/aromatic N) is 5. The highest BCUT2D eigenvalue weighted by molar-refractivity contribution is 5.85. The van der Waals surface area contributed by atoms with Crippen molar-refractivity contribution in [1.29, 1.82) is 0 Å². The summed E-state index contributed by atoms with van der Waals surface area (Å²) in [5, 5.41) is 12.5. The van der Waals surface area contributed by atoms with Gasteiger partial charge >= 0.3 is 30.1 Å². The van der Waals surface area contributed by atoms with Crippen LogP contribution in [0.15, 0.2) is 24.3 Å². The molecule has 3 aliphatic heterocycles. The molecule has 0 spiro atoms. The summed E-state index contributed by atoms with van der Waals surface area (Å²) in [6.45, 7) is 16.6. The summed E-state index contributed by atoms with van der Waals surface area (Å²) >= 11 is 0. The van der Waals surface area contributed by atoms with Crippen LogP contribution in [0.2, 0.25) is 0 Å². The molecule has 4 aliphatic rings. The lowest BCUT2D eigenvalue weighted by molar-refractivity contribution is -0.143. The largest absolute Gasteiger partial charge is 0.467 e. The number of aryl methyl sites for hydroxylation is 5. The van der Waals surface area contributed by atoms with Gasteiger partial charge in [-0.05, 0) is 149 Å². The first-order chi connectivity index (χ1) is 35.0. The molecule has 408 valence electrons. The Labute approximate surface area is 436 Å². The molecule has 2 fully saturated rings. The van der Waals surface area contributed by atoms with Gasteiger partial charge in [0, 0.05) is 74.0 Å². The van der Waals surface area contributed by atoms with Crippen LogP contribution in [0.1, 0.15) is 173 Å². The number of esters is 2. The predicted octanol–water partition coefficient (Wildman–Crippen LogP) is 8.68. The van der Waals surface area contributed by atoms with Gasteiger partial charge in [0.15, 0.2) is 0 Å². The molecule has 0 aromatic carbocycles. The van der Waals surface area contributed by atoms with Crippen LogP contribution in [0.5, 0.6) is 0 Å². The molecule has 6 atom stereocenters. The van der Waals surface area contributed by atoms with Crippen molar-refractivity contribution in [2.24, 2.45) is 0 Å². The summed E-state index contributed by atoms with van der Waals surface area (Å²) in [5.74, 6) is 0.268. The summed E-state index contributed by atoms with van der Waals surface area (Å²) < 4.78 is 15.4. The van der Waals surface area contributed by atoms with E-state index in [1.165, 1.54) is 62.4 Å². The minimum atomic E-state index is -0.694. The first-order valence-corrected chi connectivity index (χ1v) is 27.7. The van der Waals surface area contributed by atoms with Gasteiger partial charge in [-0.2, -0.15) is 0 Å². The number of pyridine rings is 2. The second kappa shape index (κ2) is 29.6. The third-order valence-corrected chi connectivity index (χ3v) is 14.5. The van der Waals surface area contributed by atoms with Gasteiger partial charge < -0.3 is 50.2 Å². The lowest BCUT2D eigenvalue weighted by Gasteiger charge is -2.44. The third kappa shape index (κ3) is 18.9. The zero-order chi connectivity index (χ0) is 52.9. The highest BCUT2D eigenvalue weighted by Crippen LogP contribution is 2.24. The molecule has 0 unspecified atom stereocenters. The summed E-state index contributed by atoms with van der Waals surface area (Å²) in [4.78, 5) is 78.1. The van der Waals surface area contributed by atoms with Gasteiger partial charge in [-0.1, -0.05) is 63.5 Å². The number of ether oxygens (including phenoxy) is 3. The summed E-state index contributed by atoms with van der Waals surface area (Å²) in [6.07, 6.45) is 20.3. The normalized spacial score (nSPS) is 20.4. The molecule has 0 saturated carbocycles. The van der Waals surface area contributed by atoms with Crippen LogP contribution in [0, 0.1) is 0 Å². The maximum Gasteiger partial charge on any atom is 0.410 e. The van der Waals surface area contributed by atoms with E-state index in [1.807, 2.05) is 53.4 Å². The number of unbranched alkanes of at least 4 members (excludes halogenated alkanes) is 8. The van der Waals surface area contributed by atoms with Crippen LogP contribution in [-0.2, 0) is 55.9 Å². The number of anilines is 1. The van der Waals surface area contributed by atoms with Crippen LogP contribution in [0.25, 0.3) is 0 Å². The highest BCUT2D eigenvalue weighted by Gasteiger charge is 2.38. The van der Waals surface area contributed by atoms with Crippen LogP contribution in [0.3, 0.4) is 0 Å². The van der Waals surface area contributed by atoms with E-state index in [0.717, 1.165) is 121 Å². The molecule has 0 radical (unpaired) electrons. The Balaban J connectivity index is 0.000000276. The molecule has 17 nitrogen and oxygen atoms in total. The van der Waals surface area contributed by atoms with Crippen LogP contribution in [0.4, 0.5) is 20.2 Å². The minimum Gasteiger partial charge on any atom is -0.467 e. The molecule has 5 heterocycles. The smallest absolute Gasteiger partial charge is 0.410 e. The molecule has 0 bridgehead atoms. The zero-order valence-corrected chi connectivity index (χ0v) is 46.0. The molecule has 4 N–H and O–H groups in total. The van der Waals surface area contributed by atoms with E-state index in [2.05, 4.69) is 45.5 Å². The lowest BCUT2D eigenvalue weighted by Crippen LogP contribution is -2.63. The van der Waals surface area contributed by atoms with Crippen LogP contribution >= 0.6 is 0 Å². The molecule has 5 amide bonds. The van der Waals surface area contributed by atoms with Gasteiger partial charge in [0.1, 0.15) is 23.5 Å². The van der Waals surface area contributed by atoms with Crippen LogP contribution in [-0.4, -0.2) is 144 Å². The number of urea groups is 2. The minimum absolute atomic E-state index is 0.0902. The molecule has 2 saturated heterocycles. The Morgan fingerprint density at radius 1 is 0.630 bits per heavy atom. The number of hydrogen-bond acceptors (Lipinski definition) is 12. The van der Waals surface area contributed by atoms with E-state index in [0.29, 0.717) is 25.9 Å². The SMILES string of the molecule is COC(=O)[C@H](CCCCCCCc1ccc2c(n1)CCCC2)NC(=O)N1[C@H](C)CN(C(=O)OC(C)(C)C)C[C@@H]1C.COC(=O)[C@H](CCCCCCCc1ccc2c(n1)NCCC2)NC(=O)N1[C@H](C)CNC[C@@H]1C. The number of aromatic nitrogens is 2. The summed E-state index contributed by atoms with van der Waals surface area (Å²) in [6, 6.07) is 6.79. The van der Waals surface area contributed by atoms with Gasteiger partial charge in [0.2, 0.25) is 0 Å². The van der Waals surface area contributed by atoms with E-state index in [4.69, 9.17) is 24.2 Å². The predicted molar refractivity (Wildman–Crippen MR) is 286 cm³/mol. The number of hydrogen-bond donors (Lipinski definition) is 4. The third-order valence-electron chi connectivity index (χ3n) is 14.5. The first-order valence-electron chi connectivity index (χ1n) is 27.7. The number of rotatable bonds is 20. The van der Waals surface area contributed by atoms with Gasteiger partial charge in [0.25, 0.3) is 0 Å². The van der Waals surface area contributed by atoms with Gasteiger partial charge in [-0.25, -0.2) is 29.0 Å². The summed E-state index contributed by atoms with van der Waals surface area (Å²) in [5.41, 5.74) is 5.84. The fourth-order valence-electron chi connectivity index (χ4n) is 10.6. The van der Waals surface area contributed by atoms with Crippen molar-refractivity contribution in [2.75, 3.05) is 52.3 Å². The van der Waals surface area contributed by atoms with Crippen LogP contribution < -0.4 is 21.3 Å². The highest BCUT2D eigenvalue weighted by atomic mass is 16.6. The van der Waals surface area contributed by atoms with Gasteiger partial charge in [-0.3, -0.25) is 4.98 Å². The van der Waals surface area contributed by atoms with Crippen molar-refractivity contribution in [3.8, 4) is 0 Å². The first kappa shape index (κ1) is 58.7. The Morgan fingerprint density at radius 3 is 1.66 bits per heavy atom. The van der Waals surface area contributed by atoms with Gasteiger partial charge in [-0.15, -0.1) is 0 Å². The zero-order valence-electron chi connectivity index (χ0n) is 46.0.